The summed E-state index contributed by atoms with van der Waals surface area (Å²) in [6, 6.07) is 0.203. The monoisotopic (exact) mass is 253 g/mol. The Bertz CT molecular complexity index is 323. The van der Waals surface area contributed by atoms with Crippen molar-refractivity contribution in [2.75, 3.05) is 6.54 Å². The zero-order valence-corrected chi connectivity index (χ0v) is 11.1. The first-order valence-corrected chi connectivity index (χ1v) is 7.10. The number of carbonyl (C=O) groups excluding carboxylic acids is 1. The van der Waals surface area contributed by atoms with E-state index in [1.165, 1.54) is 12.8 Å². The van der Waals surface area contributed by atoms with Gasteiger partial charge in [0.2, 0.25) is 5.91 Å². The molecular formula is C14H23NO3. The fourth-order valence-corrected chi connectivity index (χ4v) is 3.23. The van der Waals surface area contributed by atoms with Gasteiger partial charge in [0.25, 0.3) is 0 Å². The quantitative estimate of drug-likeness (QED) is 0.839. The minimum Gasteiger partial charge on any atom is -0.481 e. The molecule has 102 valence electrons. The Balaban J connectivity index is 1.91. The number of carboxylic acids is 1. The number of rotatable bonds is 3. The summed E-state index contributed by atoms with van der Waals surface area (Å²) in [5, 5.41) is 9.07. The number of carboxylic acid groups (broad SMARTS) is 1. The summed E-state index contributed by atoms with van der Waals surface area (Å²) < 4.78 is 0. The number of nitrogens with zero attached hydrogens (tertiary/aromatic N) is 1. The fraction of sp³-hybridized carbons (Fsp3) is 0.857. The molecule has 0 aromatic carbocycles. The molecule has 1 aliphatic carbocycles. The van der Waals surface area contributed by atoms with Gasteiger partial charge in [-0.15, -0.1) is 0 Å². The van der Waals surface area contributed by atoms with Gasteiger partial charge in [0.05, 0.1) is 5.92 Å². The Hall–Kier alpha value is -1.06. The lowest BCUT2D eigenvalue weighted by molar-refractivity contribution is -0.147. The van der Waals surface area contributed by atoms with Gasteiger partial charge in [-0.2, -0.15) is 0 Å². The molecule has 0 spiro atoms. The van der Waals surface area contributed by atoms with Crippen LogP contribution in [-0.2, 0) is 9.59 Å². The summed E-state index contributed by atoms with van der Waals surface area (Å²) in [5.41, 5.74) is 0. The molecule has 1 heterocycles. The van der Waals surface area contributed by atoms with Crippen LogP contribution in [0.4, 0.5) is 0 Å². The van der Waals surface area contributed by atoms with Crippen molar-refractivity contribution in [1.29, 1.82) is 0 Å². The van der Waals surface area contributed by atoms with Crippen LogP contribution in [0.2, 0.25) is 0 Å². The molecule has 1 saturated heterocycles. The maximum Gasteiger partial charge on any atom is 0.308 e. The summed E-state index contributed by atoms with van der Waals surface area (Å²) in [6.07, 6.45) is 6.94. The number of aliphatic carboxylic acids is 1. The molecule has 1 N–H and O–H groups in total. The molecule has 1 saturated carbocycles. The van der Waals surface area contributed by atoms with Crippen LogP contribution in [0.1, 0.15) is 51.9 Å². The Morgan fingerprint density at radius 1 is 1.17 bits per heavy atom. The molecule has 2 unspecified atom stereocenters. The van der Waals surface area contributed by atoms with Gasteiger partial charge in [0.15, 0.2) is 0 Å². The standard InChI is InChI=1S/C14H23NO3/c1-10-6-7-12(14(17)18)9-15(10)13(16)8-11-4-2-3-5-11/h10-12H,2-9H2,1H3,(H,17,18). The van der Waals surface area contributed by atoms with Crippen molar-refractivity contribution in [2.24, 2.45) is 11.8 Å². The number of hydrogen-bond donors (Lipinski definition) is 1. The van der Waals surface area contributed by atoms with Crippen LogP contribution in [0.5, 0.6) is 0 Å². The second-order valence-corrected chi connectivity index (χ2v) is 5.86. The minimum absolute atomic E-state index is 0.167. The second-order valence-electron chi connectivity index (χ2n) is 5.86. The molecule has 0 aromatic heterocycles. The zero-order valence-electron chi connectivity index (χ0n) is 11.1. The Labute approximate surface area is 108 Å². The predicted molar refractivity (Wildman–Crippen MR) is 68.1 cm³/mol. The van der Waals surface area contributed by atoms with E-state index >= 15 is 0 Å². The molecule has 2 fully saturated rings. The normalized spacial score (nSPS) is 29.5. The van der Waals surface area contributed by atoms with E-state index in [-0.39, 0.29) is 17.9 Å². The van der Waals surface area contributed by atoms with Crippen LogP contribution in [0.3, 0.4) is 0 Å². The SMILES string of the molecule is CC1CCC(C(=O)O)CN1C(=O)CC1CCCC1. The lowest BCUT2D eigenvalue weighted by Gasteiger charge is -2.37. The summed E-state index contributed by atoms with van der Waals surface area (Å²) in [6.45, 7) is 2.44. The summed E-state index contributed by atoms with van der Waals surface area (Å²) >= 11 is 0. The van der Waals surface area contributed by atoms with E-state index in [0.717, 1.165) is 19.3 Å². The van der Waals surface area contributed by atoms with E-state index in [1.54, 1.807) is 4.90 Å². The Morgan fingerprint density at radius 2 is 1.83 bits per heavy atom. The van der Waals surface area contributed by atoms with E-state index in [4.69, 9.17) is 5.11 Å². The van der Waals surface area contributed by atoms with Crippen LogP contribution in [-0.4, -0.2) is 34.5 Å². The Kier molecular flexibility index (Phi) is 4.25. The van der Waals surface area contributed by atoms with Crippen molar-refractivity contribution >= 4 is 11.9 Å². The van der Waals surface area contributed by atoms with Crippen LogP contribution in [0, 0.1) is 11.8 Å². The molecule has 1 aliphatic heterocycles. The molecule has 0 radical (unpaired) electrons. The average molecular weight is 253 g/mol. The maximum atomic E-state index is 12.3. The molecule has 2 atom stereocenters. The van der Waals surface area contributed by atoms with E-state index in [9.17, 15) is 9.59 Å². The first-order valence-electron chi connectivity index (χ1n) is 7.10. The van der Waals surface area contributed by atoms with Crippen LogP contribution < -0.4 is 0 Å². The number of likely N-dealkylation sites (tertiary alicyclic amines) is 1. The average Bonchev–Trinajstić information content (AvgIpc) is 2.81. The van der Waals surface area contributed by atoms with Crippen molar-refractivity contribution in [3.8, 4) is 0 Å². The maximum absolute atomic E-state index is 12.3. The van der Waals surface area contributed by atoms with E-state index in [1.807, 2.05) is 6.92 Å². The molecule has 4 nitrogen and oxygen atoms in total. The van der Waals surface area contributed by atoms with Gasteiger partial charge in [-0.05, 0) is 38.5 Å². The lowest BCUT2D eigenvalue weighted by Crippen LogP contribution is -2.47. The van der Waals surface area contributed by atoms with Crippen LogP contribution in [0.25, 0.3) is 0 Å². The topological polar surface area (TPSA) is 57.6 Å². The van der Waals surface area contributed by atoms with Gasteiger partial charge >= 0.3 is 5.97 Å². The molecular weight excluding hydrogens is 230 g/mol. The first kappa shape index (κ1) is 13.4. The predicted octanol–water partition coefficient (Wildman–Crippen LogP) is 2.28. The van der Waals surface area contributed by atoms with E-state index in [0.29, 0.717) is 25.3 Å². The molecule has 0 bridgehead atoms. The third-order valence-electron chi connectivity index (χ3n) is 4.49. The van der Waals surface area contributed by atoms with Crippen LogP contribution in [0.15, 0.2) is 0 Å². The number of hydrogen-bond acceptors (Lipinski definition) is 2. The highest BCUT2D eigenvalue weighted by Gasteiger charge is 2.33. The van der Waals surface area contributed by atoms with E-state index < -0.39 is 5.97 Å². The Morgan fingerprint density at radius 3 is 2.44 bits per heavy atom. The van der Waals surface area contributed by atoms with Crippen molar-refractivity contribution in [2.45, 2.75) is 57.9 Å². The van der Waals surface area contributed by atoms with Gasteiger partial charge in [0, 0.05) is 19.0 Å². The summed E-state index contributed by atoms with van der Waals surface area (Å²) in [7, 11) is 0. The molecule has 18 heavy (non-hydrogen) atoms. The molecule has 2 rings (SSSR count). The van der Waals surface area contributed by atoms with E-state index in [2.05, 4.69) is 0 Å². The lowest BCUT2D eigenvalue weighted by atomic mass is 9.92. The molecule has 4 heteroatoms. The summed E-state index contributed by atoms with van der Waals surface area (Å²) in [4.78, 5) is 25.1. The zero-order chi connectivity index (χ0) is 13.1. The van der Waals surface area contributed by atoms with Gasteiger partial charge in [0.1, 0.15) is 0 Å². The highest BCUT2D eigenvalue weighted by atomic mass is 16.4. The minimum atomic E-state index is -0.763. The van der Waals surface area contributed by atoms with Crippen LogP contribution >= 0.6 is 0 Å². The summed E-state index contributed by atoms with van der Waals surface area (Å²) in [5.74, 6) is -0.426. The third-order valence-corrected chi connectivity index (χ3v) is 4.49. The van der Waals surface area contributed by atoms with Gasteiger partial charge < -0.3 is 10.0 Å². The van der Waals surface area contributed by atoms with Gasteiger partial charge in [-0.3, -0.25) is 9.59 Å². The highest BCUT2D eigenvalue weighted by Crippen LogP contribution is 2.30. The largest absolute Gasteiger partial charge is 0.481 e. The van der Waals surface area contributed by atoms with Gasteiger partial charge in [-0.1, -0.05) is 12.8 Å². The number of piperidine rings is 1. The van der Waals surface area contributed by atoms with Gasteiger partial charge in [-0.25, -0.2) is 0 Å². The van der Waals surface area contributed by atoms with Crippen molar-refractivity contribution in [1.82, 2.24) is 4.90 Å². The highest BCUT2D eigenvalue weighted by molar-refractivity contribution is 5.78. The number of carbonyl (C=O) groups is 2. The molecule has 0 aromatic rings. The molecule has 2 aliphatic rings. The third kappa shape index (κ3) is 3.03. The first-order chi connectivity index (χ1) is 8.58. The second kappa shape index (κ2) is 5.72. The fourth-order valence-electron chi connectivity index (χ4n) is 3.23. The van der Waals surface area contributed by atoms with Crippen molar-refractivity contribution < 1.29 is 14.7 Å². The number of amides is 1. The smallest absolute Gasteiger partial charge is 0.308 e. The van der Waals surface area contributed by atoms with Crippen molar-refractivity contribution in [3.63, 3.8) is 0 Å². The molecule has 1 amide bonds. The van der Waals surface area contributed by atoms with Crippen molar-refractivity contribution in [3.05, 3.63) is 0 Å².